The molecule has 16 heavy (non-hydrogen) atoms. The van der Waals surface area contributed by atoms with E-state index in [2.05, 4.69) is 5.16 Å². The first-order chi connectivity index (χ1) is 7.65. The van der Waals surface area contributed by atoms with Crippen LogP contribution in [0.3, 0.4) is 0 Å². The molecule has 0 aliphatic heterocycles. The van der Waals surface area contributed by atoms with Gasteiger partial charge in [-0.3, -0.25) is 4.90 Å². The third kappa shape index (κ3) is 3.96. The Morgan fingerprint density at radius 3 is 2.19 bits per heavy atom. The van der Waals surface area contributed by atoms with E-state index in [0.29, 0.717) is 19.5 Å². The molecule has 1 aliphatic rings. The number of hydrogen-bond donors (Lipinski definition) is 4. The highest BCUT2D eigenvalue weighted by Crippen LogP contribution is 2.49. The minimum Gasteiger partial charge on any atom is -0.409 e. The highest BCUT2D eigenvalue weighted by Gasteiger charge is 2.44. The van der Waals surface area contributed by atoms with Crippen LogP contribution < -0.4 is 5.73 Å². The number of amidine groups is 1. The van der Waals surface area contributed by atoms with Gasteiger partial charge in [0.25, 0.3) is 0 Å². The number of nitrogens with zero attached hydrogens (tertiary/aromatic N) is 2. The molecule has 0 amide bonds. The van der Waals surface area contributed by atoms with Crippen molar-refractivity contribution < 1.29 is 15.4 Å². The Labute approximate surface area is 95.3 Å². The van der Waals surface area contributed by atoms with Crippen molar-refractivity contribution in [1.82, 2.24) is 4.90 Å². The van der Waals surface area contributed by atoms with Crippen LogP contribution >= 0.6 is 0 Å². The van der Waals surface area contributed by atoms with Crippen molar-refractivity contribution in [2.45, 2.75) is 19.3 Å². The minimum atomic E-state index is 0.0830. The molecule has 0 radical (unpaired) electrons. The summed E-state index contributed by atoms with van der Waals surface area (Å²) in [4.78, 5) is 2.01. The van der Waals surface area contributed by atoms with Crippen molar-refractivity contribution in [2.75, 3.05) is 32.8 Å². The number of oxime groups is 1. The molecule has 0 saturated heterocycles. The van der Waals surface area contributed by atoms with Crippen LogP contribution in [0.4, 0.5) is 0 Å². The summed E-state index contributed by atoms with van der Waals surface area (Å²) in [6.45, 7) is 2.06. The predicted molar refractivity (Wildman–Crippen MR) is 60.3 cm³/mol. The van der Waals surface area contributed by atoms with Crippen LogP contribution in [0, 0.1) is 5.41 Å². The van der Waals surface area contributed by atoms with Crippen molar-refractivity contribution in [2.24, 2.45) is 16.3 Å². The number of rotatable bonds is 8. The van der Waals surface area contributed by atoms with E-state index < -0.39 is 0 Å². The molecule has 0 aromatic heterocycles. The largest absolute Gasteiger partial charge is 0.409 e. The van der Waals surface area contributed by atoms with Gasteiger partial charge in [-0.1, -0.05) is 5.16 Å². The summed E-state index contributed by atoms with van der Waals surface area (Å²) >= 11 is 0. The van der Waals surface area contributed by atoms with Crippen molar-refractivity contribution in [1.29, 1.82) is 0 Å². The smallest absolute Gasteiger partial charge is 0.139 e. The highest BCUT2D eigenvalue weighted by atomic mass is 16.4. The van der Waals surface area contributed by atoms with Gasteiger partial charge in [0.15, 0.2) is 0 Å². The Kier molecular flexibility index (Phi) is 4.98. The third-order valence-corrected chi connectivity index (χ3v) is 3.03. The lowest BCUT2D eigenvalue weighted by molar-refractivity contribution is 0.140. The van der Waals surface area contributed by atoms with Crippen molar-refractivity contribution in [3.05, 3.63) is 0 Å². The number of nitrogens with two attached hydrogens (primary N) is 1. The quantitative estimate of drug-likeness (QED) is 0.189. The van der Waals surface area contributed by atoms with Crippen LogP contribution in [0.15, 0.2) is 5.16 Å². The van der Waals surface area contributed by atoms with E-state index in [4.69, 9.17) is 21.2 Å². The van der Waals surface area contributed by atoms with Gasteiger partial charge in [-0.25, -0.2) is 0 Å². The molecule has 0 spiro atoms. The first-order valence-corrected chi connectivity index (χ1v) is 5.56. The average molecular weight is 231 g/mol. The fourth-order valence-electron chi connectivity index (χ4n) is 2.01. The van der Waals surface area contributed by atoms with Crippen molar-refractivity contribution >= 4 is 5.84 Å². The van der Waals surface area contributed by atoms with Gasteiger partial charge in [0.1, 0.15) is 5.84 Å². The Balaban J connectivity index is 2.43. The maximum absolute atomic E-state index is 8.90. The van der Waals surface area contributed by atoms with Crippen molar-refractivity contribution in [3.8, 4) is 0 Å². The summed E-state index contributed by atoms with van der Waals surface area (Å²) < 4.78 is 0. The fourth-order valence-corrected chi connectivity index (χ4v) is 2.01. The molecule has 6 heteroatoms. The topological polar surface area (TPSA) is 102 Å². The zero-order valence-electron chi connectivity index (χ0n) is 9.47. The maximum atomic E-state index is 8.90. The van der Waals surface area contributed by atoms with Gasteiger partial charge in [-0.05, 0) is 18.3 Å². The third-order valence-electron chi connectivity index (χ3n) is 3.03. The summed E-state index contributed by atoms with van der Waals surface area (Å²) in [7, 11) is 0. The van der Waals surface area contributed by atoms with E-state index in [1.54, 1.807) is 0 Å². The molecule has 5 N–H and O–H groups in total. The Hall–Kier alpha value is -0.850. The van der Waals surface area contributed by atoms with Gasteiger partial charge >= 0.3 is 0 Å². The molecule has 6 nitrogen and oxygen atoms in total. The van der Waals surface area contributed by atoms with E-state index >= 15 is 0 Å². The summed E-state index contributed by atoms with van der Waals surface area (Å²) in [6.07, 6.45) is 2.68. The lowest BCUT2D eigenvalue weighted by Crippen LogP contribution is -2.36. The standard InChI is InChI=1S/C10H21N3O3/c11-9(12-16)7-10(1-2-10)8-13(3-5-14)4-6-15/h14-16H,1-8H2,(H2,11,12). The Bertz CT molecular complexity index is 235. The van der Waals surface area contributed by atoms with E-state index in [9.17, 15) is 0 Å². The Morgan fingerprint density at radius 2 is 1.81 bits per heavy atom. The van der Waals surface area contributed by atoms with E-state index in [1.807, 2.05) is 4.90 Å². The zero-order chi connectivity index (χ0) is 12.0. The first-order valence-electron chi connectivity index (χ1n) is 5.56. The SMILES string of the molecule is NC(CC1(CN(CCO)CCO)CC1)=NO. The summed E-state index contributed by atoms with van der Waals surface area (Å²) in [5, 5.41) is 29.3. The average Bonchev–Trinajstić information content (AvgIpc) is 2.98. The summed E-state index contributed by atoms with van der Waals surface area (Å²) in [6, 6.07) is 0. The van der Waals surface area contributed by atoms with Gasteiger partial charge < -0.3 is 21.2 Å². The van der Waals surface area contributed by atoms with Crippen LogP contribution in [-0.2, 0) is 0 Å². The molecule has 1 saturated carbocycles. The number of aliphatic hydroxyl groups excluding tert-OH is 2. The van der Waals surface area contributed by atoms with Crippen LogP contribution in [0.5, 0.6) is 0 Å². The van der Waals surface area contributed by atoms with Gasteiger partial charge in [-0.15, -0.1) is 0 Å². The summed E-state index contributed by atoms with van der Waals surface area (Å²) in [5.41, 5.74) is 5.59. The Morgan fingerprint density at radius 1 is 1.25 bits per heavy atom. The minimum absolute atomic E-state index is 0.0830. The number of hydrogen-bond acceptors (Lipinski definition) is 5. The second-order valence-electron chi connectivity index (χ2n) is 4.49. The second-order valence-corrected chi connectivity index (χ2v) is 4.49. The lowest BCUT2D eigenvalue weighted by Gasteiger charge is -2.25. The molecular weight excluding hydrogens is 210 g/mol. The van der Waals surface area contributed by atoms with Gasteiger partial charge in [0.2, 0.25) is 0 Å². The van der Waals surface area contributed by atoms with Gasteiger partial charge in [0, 0.05) is 26.1 Å². The van der Waals surface area contributed by atoms with E-state index in [1.165, 1.54) is 0 Å². The number of aliphatic hydroxyl groups is 2. The molecular formula is C10H21N3O3. The van der Waals surface area contributed by atoms with Crippen LogP contribution in [0.25, 0.3) is 0 Å². The molecule has 0 aromatic carbocycles. The van der Waals surface area contributed by atoms with Crippen LogP contribution in [0.1, 0.15) is 19.3 Å². The molecule has 0 unspecified atom stereocenters. The second kappa shape index (κ2) is 6.03. The van der Waals surface area contributed by atoms with E-state index in [-0.39, 0.29) is 24.5 Å². The molecule has 1 aliphatic carbocycles. The zero-order valence-corrected chi connectivity index (χ0v) is 9.47. The normalized spacial score (nSPS) is 19.1. The van der Waals surface area contributed by atoms with Crippen LogP contribution in [0.2, 0.25) is 0 Å². The fraction of sp³-hybridized carbons (Fsp3) is 0.900. The predicted octanol–water partition coefficient (Wildman–Crippen LogP) is -0.810. The van der Waals surface area contributed by atoms with Crippen molar-refractivity contribution in [3.63, 3.8) is 0 Å². The van der Waals surface area contributed by atoms with E-state index in [0.717, 1.165) is 19.4 Å². The van der Waals surface area contributed by atoms with Gasteiger partial charge in [-0.2, -0.15) is 0 Å². The molecule has 1 rings (SSSR count). The van der Waals surface area contributed by atoms with Crippen LogP contribution in [-0.4, -0.2) is 59.0 Å². The molecule has 0 heterocycles. The molecule has 0 bridgehead atoms. The first kappa shape index (κ1) is 13.2. The monoisotopic (exact) mass is 231 g/mol. The maximum Gasteiger partial charge on any atom is 0.139 e. The molecule has 0 atom stereocenters. The molecule has 94 valence electrons. The lowest BCUT2D eigenvalue weighted by atomic mass is 10.0. The molecule has 1 fully saturated rings. The molecule has 0 aromatic rings. The highest BCUT2D eigenvalue weighted by molar-refractivity contribution is 5.80. The summed E-state index contributed by atoms with van der Waals surface area (Å²) in [5.74, 6) is 0.255. The van der Waals surface area contributed by atoms with Gasteiger partial charge in [0.05, 0.1) is 13.2 Å².